The Labute approximate surface area is 154 Å². The second kappa shape index (κ2) is 7.99. The maximum Gasteiger partial charge on any atom is 0.257 e. The minimum atomic E-state index is -0.0131. The Hall–Kier alpha value is -2.89. The van der Waals surface area contributed by atoms with Crippen LogP contribution in [0.25, 0.3) is 0 Å². The Balaban J connectivity index is 1.61. The molecule has 136 valence electrons. The summed E-state index contributed by atoms with van der Waals surface area (Å²) in [5, 5.41) is 3.00. The second-order valence-electron chi connectivity index (χ2n) is 6.46. The van der Waals surface area contributed by atoms with Crippen molar-refractivity contribution < 1.29 is 4.79 Å². The predicted molar refractivity (Wildman–Crippen MR) is 105 cm³/mol. The molecule has 1 saturated heterocycles. The van der Waals surface area contributed by atoms with Crippen molar-refractivity contribution in [1.82, 2.24) is 14.9 Å². The molecule has 0 bridgehead atoms. The molecule has 26 heavy (non-hydrogen) atoms. The van der Waals surface area contributed by atoms with Gasteiger partial charge in [-0.15, -0.1) is 6.58 Å². The van der Waals surface area contributed by atoms with Gasteiger partial charge < -0.3 is 15.1 Å². The van der Waals surface area contributed by atoms with E-state index in [9.17, 15) is 4.79 Å². The number of aryl methyl sites for hydroxylation is 1. The predicted octanol–water partition coefficient (Wildman–Crippen LogP) is 2.65. The zero-order chi connectivity index (χ0) is 18.5. The molecule has 0 spiro atoms. The van der Waals surface area contributed by atoms with Gasteiger partial charge in [0.1, 0.15) is 0 Å². The molecule has 1 aromatic heterocycles. The zero-order valence-electron chi connectivity index (χ0n) is 15.4. The van der Waals surface area contributed by atoms with Gasteiger partial charge in [-0.1, -0.05) is 18.2 Å². The third-order valence-corrected chi connectivity index (χ3v) is 4.79. The number of rotatable bonds is 5. The van der Waals surface area contributed by atoms with Crippen molar-refractivity contribution in [2.24, 2.45) is 0 Å². The van der Waals surface area contributed by atoms with E-state index in [-0.39, 0.29) is 5.91 Å². The van der Waals surface area contributed by atoms with Gasteiger partial charge in [0.15, 0.2) is 0 Å². The lowest BCUT2D eigenvalue weighted by Gasteiger charge is -2.37. The first-order valence-corrected chi connectivity index (χ1v) is 8.87. The van der Waals surface area contributed by atoms with Crippen molar-refractivity contribution in [2.45, 2.75) is 13.8 Å². The van der Waals surface area contributed by atoms with Crippen LogP contribution in [0.5, 0.6) is 0 Å². The number of carbonyl (C=O) groups is 1. The first-order chi connectivity index (χ1) is 12.6. The topological polar surface area (TPSA) is 61.4 Å². The fourth-order valence-electron chi connectivity index (χ4n) is 3.10. The largest absolute Gasteiger partial charge is 0.368 e. The van der Waals surface area contributed by atoms with Crippen LogP contribution in [0.2, 0.25) is 0 Å². The summed E-state index contributed by atoms with van der Waals surface area (Å²) < 4.78 is 0. The van der Waals surface area contributed by atoms with Gasteiger partial charge in [0, 0.05) is 50.8 Å². The van der Waals surface area contributed by atoms with Crippen molar-refractivity contribution >= 4 is 17.5 Å². The van der Waals surface area contributed by atoms with Crippen molar-refractivity contribution in [2.75, 3.05) is 42.9 Å². The molecule has 1 fully saturated rings. The van der Waals surface area contributed by atoms with Crippen LogP contribution < -0.4 is 10.2 Å². The SMILES string of the molecule is C=CCNc1ncc(C(=O)N2CCN(c3cccc(C)c3C)CC2)cn1. The number of benzene rings is 1. The minimum Gasteiger partial charge on any atom is -0.368 e. The summed E-state index contributed by atoms with van der Waals surface area (Å²) in [6, 6.07) is 6.38. The monoisotopic (exact) mass is 351 g/mol. The van der Waals surface area contributed by atoms with Gasteiger partial charge in [0.25, 0.3) is 5.91 Å². The first-order valence-electron chi connectivity index (χ1n) is 8.87. The van der Waals surface area contributed by atoms with Gasteiger partial charge in [-0.25, -0.2) is 9.97 Å². The van der Waals surface area contributed by atoms with E-state index in [2.05, 4.69) is 58.8 Å². The highest BCUT2D eigenvalue weighted by Gasteiger charge is 2.23. The maximum atomic E-state index is 12.7. The molecule has 1 N–H and O–H groups in total. The molecule has 0 aliphatic carbocycles. The fourth-order valence-corrected chi connectivity index (χ4v) is 3.10. The molecule has 3 rings (SSSR count). The Morgan fingerprint density at radius 3 is 2.54 bits per heavy atom. The van der Waals surface area contributed by atoms with Crippen LogP contribution >= 0.6 is 0 Å². The van der Waals surface area contributed by atoms with Crippen molar-refractivity contribution in [3.8, 4) is 0 Å². The molecule has 0 saturated carbocycles. The Morgan fingerprint density at radius 2 is 1.88 bits per heavy atom. The summed E-state index contributed by atoms with van der Waals surface area (Å²) in [4.78, 5) is 25.3. The van der Waals surface area contributed by atoms with Gasteiger partial charge in [-0.3, -0.25) is 4.79 Å². The standard InChI is InChI=1S/C20H25N5O/c1-4-8-21-20-22-13-17(14-23-20)19(26)25-11-9-24(10-12-25)18-7-5-6-15(2)16(18)3/h4-7,13-14H,1,8-12H2,2-3H3,(H,21,22,23). The number of aromatic nitrogens is 2. The summed E-state index contributed by atoms with van der Waals surface area (Å²) in [5.74, 6) is 0.488. The average molecular weight is 351 g/mol. The molecule has 6 nitrogen and oxygen atoms in total. The summed E-state index contributed by atoms with van der Waals surface area (Å²) in [5.41, 5.74) is 4.39. The number of nitrogens with one attached hydrogen (secondary N) is 1. The summed E-state index contributed by atoms with van der Waals surface area (Å²) >= 11 is 0. The van der Waals surface area contributed by atoms with Crippen LogP contribution in [-0.4, -0.2) is 53.5 Å². The molecule has 2 aromatic rings. The number of carbonyl (C=O) groups excluding carboxylic acids is 1. The number of piperazine rings is 1. The molecule has 1 aromatic carbocycles. The van der Waals surface area contributed by atoms with E-state index >= 15 is 0 Å². The minimum absolute atomic E-state index is 0.0131. The van der Waals surface area contributed by atoms with E-state index in [4.69, 9.17) is 0 Å². The smallest absolute Gasteiger partial charge is 0.257 e. The van der Waals surface area contributed by atoms with Crippen LogP contribution in [0, 0.1) is 13.8 Å². The number of hydrogen-bond acceptors (Lipinski definition) is 5. The molecule has 0 atom stereocenters. The van der Waals surface area contributed by atoms with Gasteiger partial charge in [0.2, 0.25) is 5.95 Å². The van der Waals surface area contributed by atoms with Gasteiger partial charge in [-0.05, 0) is 31.0 Å². The summed E-state index contributed by atoms with van der Waals surface area (Å²) in [6.07, 6.45) is 4.90. The van der Waals surface area contributed by atoms with E-state index in [1.807, 2.05) is 4.90 Å². The Morgan fingerprint density at radius 1 is 1.19 bits per heavy atom. The molecule has 2 heterocycles. The van der Waals surface area contributed by atoms with Crippen LogP contribution in [0.3, 0.4) is 0 Å². The number of anilines is 2. The van der Waals surface area contributed by atoms with Crippen LogP contribution in [0.1, 0.15) is 21.5 Å². The second-order valence-corrected chi connectivity index (χ2v) is 6.46. The van der Waals surface area contributed by atoms with Crippen LogP contribution in [0.4, 0.5) is 11.6 Å². The molecular formula is C20H25N5O. The number of hydrogen-bond donors (Lipinski definition) is 1. The van der Waals surface area contributed by atoms with Crippen LogP contribution in [0.15, 0.2) is 43.2 Å². The lowest BCUT2D eigenvalue weighted by atomic mass is 10.1. The number of amides is 1. The van der Waals surface area contributed by atoms with Crippen molar-refractivity contribution in [3.05, 3.63) is 59.9 Å². The Bertz CT molecular complexity index is 779. The van der Waals surface area contributed by atoms with Crippen LogP contribution in [-0.2, 0) is 0 Å². The highest BCUT2D eigenvalue weighted by Crippen LogP contribution is 2.24. The third-order valence-electron chi connectivity index (χ3n) is 4.79. The Kier molecular flexibility index (Phi) is 5.51. The van der Waals surface area contributed by atoms with E-state index in [1.165, 1.54) is 16.8 Å². The lowest BCUT2D eigenvalue weighted by Crippen LogP contribution is -2.49. The van der Waals surface area contributed by atoms with E-state index < -0.39 is 0 Å². The fraction of sp³-hybridized carbons (Fsp3) is 0.350. The summed E-state index contributed by atoms with van der Waals surface area (Å²) in [7, 11) is 0. The highest BCUT2D eigenvalue weighted by molar-refractivity contribution is 5.93. The van der Waals surface area contributed by atoms with E-state index in [0.29, 0.717) is 31.1 Å². The quantitative estimate of drug-likeness (QED) is 0.839. The van der Waals surface area contributed by atoms with Crippen molar-refractivity contribution in [1.29, 1.82) is 0 Å². The average Bonchev–Trinajstić information content (AvgIpc) is 2.68. The maximum absolute atomic E-state index is 12.7. The van der Waals surface area contributed by atoms with E-state index in [0.717, 1.165) is 13.1 Å². The normalized spacial score (nSPS) is 14.2. The highest BCUT2D eigenvalue weighted by atomic mass is 16.2. The molecule has 1 aliphatic heterocycles. The van der Waals surface area contributed by atoms with E-state index in [1.54, 1.807) is 18.5 Å². The first kappa shape index (κ1) is 17.9. The molecule has 0 unspecified atom stereocenters. The molecule has 6 heteroatoms. The zero-order valence-corrected chi connectivity index (χ0v) is 15.4. The summed E-state index contributed by atoms with van der Waals surface area (Å²) in [6.45, 7) is 11.6. The lowest BCUT2D eigenvalue weighted by molar-refractivity contribution is 0.0746. The van der Waals surface area contributed by atoms with Crippen molar-refractivity contribution in [3.63, 3.8) is 0 Å². The molecule has 0 radical (unpaired) electrons. The van der Waals surface area contributed by atoms with Gasteiger partial charge in [0.05, 0.1) is 5.56 Å². The molecule has 1 amide bonds. The van der Waals surface area contributed by atoms with Gasteiger partial charge in [-0.2, -0.15) is 0 Å². The van der Waals surface area contributed by atoms with Gasteiger partial charge >= 0.3 is 0 Å². The molecular weight excluding hydrogens is 326 g/mol. The number of nitrogens with zero attached hydrogens (tertiary/aromatic N) is 4. The molecule has 1 aliphatic rings. The third kappa shape index (κ3) is 3.85.